The van der Waals surface area contributed by atoms with E-state index in [0.29, 0.717) is 0 Å². The fourth-order valence-corrected chi connectivity index (χ4v) is 4.59. The highest BCUT2D eigenvalue weighted by Crippen LogP contribution is 2.46. The Kier molecular flexibility index (Phi) is 6.62. The predicted molar refractivity (Wildman–Crippen MR) is 137 cm³/mol. The van der Waals surface area contributed by atoms with Gasteiger partial charge in [0.25, 0.3) is 0 Å². The Bertz CT molecular complexity index is 858. The quantitative estimate of drug-likeness (QED) is 0.408. The third-order valence-corrected chi connectivity index (χ3v) is 6.60. The Balaban J connectivity index is 3.03. The molecule has 0 aromatic heterocycles. The van der Waals surface area contributed by atoms with Crippen molar-refractivity contribution in [3.05, 3.63) is 56.6 Å². The van der Waals surface area contributed by atoms with Gasteiger partial charge in [-0.2, -0.15) is 0 Å². The lowest BCUT2D eigenvalue weighted by atomic mass is 9.76. The van der Waals surface area contributed by atoms with Gasteiger partial charge in [-0.3, -0.25) is 0 Å². The van der Waals surface area contributed by atoms with Crippen LogP contribution in [0.4, 0.5) is 0 Å². The average Bonchev–Trinajstić information content (AvgIpc) is 2.51. The summed E-state index contributed by atoms with van der Waals surface area (Å²) in [6, 6.07) is 9.05. The molecule has 30 heavy (non-hydrogen) atoms. The van der Waals surface area contributed by atoms with Gasteiger partial charge in [0.1, 0.15) is 0 Å². The first-order valence-electron chi connectivity index (χ1n) is 10.9. The minimum Gasteiger partial charge on any atom is -0.0833 e. The third kappa shape index (κ3) is 5.25. The standard InChI is InChI=1S/C28H40Cl2/c1-25(2,3)17-13-19(23(29)21(15-17)27(7,8)9)20-14-18(26(4,5)6)16-22(24(20)30)28(10,11)12/h13-16H,1-12H3. The van der Waals surface area contributed by atoms with Crippen molar-refractivity contribution in [1.29, 1.82) is 0 Å². The lowest BCUT2D eigenvalue weighted by Gasteiger charge is -2.30. The van der Waals surface area contributed by atoms with Gasteiger partial charge < -0.3 is 0 Å². The first kappa shape index (κ1) is 25.3. The van der Waals surface area contributed by atoms with Crippen LogP contribution < -0.4 is 0 Å². The van der Waals surface area contributed by atoms with Gasteiger partial charge in [0, 0.05) is 11.1 Å². The molecule has 0 fully saturated rings. The van der Waals surface area contributed by atoms with Gasteiger partial charge in [-0.25, -0.2) is 0 Å². The normalized spacial score (nSPS) is 13.7. The van der Waals surface area contributed by atoms with E-state index in [-0.39, 0.29) is 21.7 Å². The van der Waals surface area contributed by atoms with Crippen molar-refractivity contribution in [2.75, 3.05) is 0 Å². The van der Waals surface area contributed by atoms with E-state index in [2.05, 4.69) is 107 Å². The molecule has 0 saturated heterocycles. The van der Waals surface area contributed by atoms with Crippen LogP contribution in [0.5, 0.6) is 0 Å². The van der Waals surface area contributed by atoms with Gasteiger partial charge in [-0.15, -0.1) is 0 Å². The molecule has 2 aromatic rings. The molecule has 2 aromatic carbocycles. The molecule has 0 nitrogen and oxygen atoms in total. The highest BCUT2D eigenvalue weighted by molar-refractivity contribution is 6.37. The number of rotatable bonds is 1. The molecule has 0 aliphatic rings. The van der Waals surface area contributed by atoms with E-state index in [9.17, 15) is 0 Å². The van der Waals surface area contributed by atoms with E-state index in [1.54, 1.807) is 0 Å². The van der Waals surface area contributed by atoms with Crippen molar-refractivity contribution in [3.63, 3.8) is 0 Å². The monoisotopic (exact) mass is 446 g/mol. The van der Waals surface area contributed by atoms with Crippen molar-refractivity contribution in [3.8, 4) is 11.1 Å². The Labute approximate surface area is 195 Å². The second-order valence-electron chi connectivity index (χ2n) is 12.8. The zero-order valence-electron chi connectivity index (χ0n) is 21.1. The van der Waals surface area contributed by atoms with Crippen LogP contribution in [0.1, 0.15) is 105 Å². The van der Waals surface area contributed by atoms with E-state index in [4.69, 9.17) is 23.2 Å². The van der Waals surface area contributed by atoms with E-state index in [0.717, 1.165) is 21.2 Å². The molecule has 0 unspecified atom stereocenters. The Hall–Kier alpha value is -0.980. The summed E-state index contributed by atoms with van der Waals surface area (Å²) in [6.07, 6.45) is 0. The largest absolute Gasteiger partial charge is 0.0833 e. The molecule has 0 heterocycles. The van der Waals surface area contributed by atoms with E-state index in [1.807, 2.05) is 0 Å². The van der Waals surface area contributed by atoms with Crippen LogP contribution in [0.3, 0.4) is 0 Å². The second-order valence-corrected chi connectivity index (χ2v) is 13.5. The minimum absolute atomic E-state index is 0.0142. The van der Waals surface area contributed by atoms with Crippen molar-refractivity contribution < 1.29 is 0 Å². The van der Waals surface area contributed by atoms with Crippen molar-refractivity contribution in [2.45, 2.75) is 105 Å². The third-order valence-electron chi connectivity index (χ3n) is 5.78. The van der Waals surface area contributed by atoms with Crippen LogP contribution in [0.25, 0.3) is 11.1 Å². The fourth-order valence-electron chi connectivity index (χ4n) is 3.60. The topological polar surface area (TPSA) is 0 Å². The molecule has 0 aliphatic heterocycles. The maximum atomic E-state index is 7.10. The maximum absolute atomic E-state index is 7.10. The van der Waals surface area contributed by atoms with Crippen LogP contribution >= 0.6 is 23.2 Å². The zero-order valence-corrected chi connectivity index (χ0v) is 22.6. The molecule has 166 valence electrons. The van der Waals surface area contributed by atoms with E-state index >= 15 is 0 Å². The average molecular weight is 448 g/mol. The fraction of sp³-hybridized carbons (Fsp3) is 0.571. The van der Waals surface area contributed by atoms with Crippen LogP contribution in [0.15, 0.2) is 24.3 Å². The Morgan fingerprint density at radius 2 is 0.700 bits per heavy atom. The van der Waals surface area contributed by atoms with Crippen LogP contribution in [0, 0.1) is 0 Å². The predicted octanol–water partition coefficient (Wildman–Crippen LogP) is 9.85. The molecule has 2 heteroatoms. The van der Waals surface area contributed by atoms with E-state index < -0.39 is 0 Å². The smallest absolute Gasteiger partial charge is 0.0522 e. The molecule has 0 amide bonds. The van der Waals surface area contributed by atoms with Crippen LogP contribution in [-0.4, -0.2) is 0 Å². The molecule has 0 atom stereocenters. The Morgan fingerprint density at radius 3 is 0.900 bits per heavy atom. The van der Waals surface area contributed by atoms with Crippen LogP contribution in [0.2, 0.25) is 10.0 Å². The zero-order chi connectivity index (χ0) is 23.4. The highest BCUT2D eigenvalue weighted by atomic mass is 35.5. The van der Waals surface area contributed by atoms with Gasteiger partial charge in [0.2, 0.25) is 0 Å². The molecule has 2 rings (SSSR count). The lowest BCUT2D eigenvalue weighted by Crippen LogP contribution is -2.19. The van der Waals surface area contributed by atoms with Gasteiger partial charge in [-0.1, -0.05) is 118 Å². The summed E-state index contributed by atoms with van der Waals surface area (Å²) in [5.41, 5.74) is 6.87. The highest BCUT2D eigenvalue weighted by Gasteiger charge is 2.29. The molecule has 0 aliphatic carbocycles. The number of hydrogen-bond acceptors (Lipinski definition) is 0. The second kappa shape index (κ2) is 7.86. The summed E-state index contributed by atoms with van der Waals surface area (Å²) in [5.74, 6) is 0. The molecular weight excluding hydrogens is 407 g/mol. The van der Waals surface area contributed by atoms with Crippen LogP contribution in [-0.2, 0) is 21.7 Å². The number of halogens is 2. The van der Waals surface area contributed by atoms with Gasteiger partial charge in [-0.05, 0) is 56.0 Å². The molecule has 0 saturated carbocycles. The first-order valence-corrected chi connectivity index (χ1v) is 11.7. The summed E-state index contributed by atoms with van der Waals surface area (Å²) in [5, 5.41) is 1.62. The summed E-state index contributed by atoms with van der Waals surface area (Å²) >= 11 is 14.2. The molecule has 0 spiro atoms. The van der Waals surface area contributed by atoms with Gasteiger partial charge >= 0.3 is 0 Å². The number of hydrogen-bond donors (Lipinski definition) is 0. The lowest BCUT2D eigenvalue weighted by molar-refractivity contribution is 0.567. The van der Waals surface area contributed by atoms with Crippen molar-refractivity contribution in [1.82, 2.24) is 0 Å². The summed E-state index contributed by atoms with van der Waals surface area (Å²) in [7, 11) is 0. The molecule has 0 bridgehead atoms. The SMILES string of the molecule is CC(C)(C)c1cc(-c2cc(C(C)(C)C)cc(C(C)(C)C)c2Cl)c(Cl)c(C(C)(C)C)c1. The summed E-state index contributed by atoms with van der Waals surface area (Å²) in [6.45, 7) is 26.8. The van der Waals surface area contributed by atoms with Gasteiger partial charge in [0.15, 0.2) is 0 Å². The van der Waals surface area contributed by atoms with E-state index in [1.165, 1.54) is 22.3 Å². The summed E-state index contributed by atoms with van der Waals surface area (Å²) in [4.78, 5) is 0. The van der Waals surface area contributed by atoms with Crippen molar-refractivity contribution in [2.24, 2.45) is 0 Å². The molecule has 0 radical (unpaired) electrons. The first-order chi connectivity index (χ1) is 13.2. The minimum atomic E-state index is -0.0614. The Morgan fingerprint density at radius 1 is 0.433 bits per heavy atom. The van der Waals surface area contributed by atoms with Gasteiger partial charge in [0.05, 0.1) is 10.0 Å². The molecule has 0 N–H and O–H groups in total. The summed E-state index contributed by atoms with van der Waals surface area (Å²) < 4.78 is 0. The maximum Gasteiger partial charge on any atom is 0.0522 e. The number of benzene rings is 2. The van der Waals surface area contributed by atoms with Crippen molar-refractivity contribution >= 4 is 23.2 Å². The molecular formula is C28H40Cl2.